The Kier molecular flexibility index (Phi) is 3.84. The summed E-state index contributed by atoms with van der Waals surface area (Å²) in [6.07, 6.45) is 0. The molecule has 0 spiro atoms. The van der Waals surface area contributed by atoms with E-state index in [-0.39, 0.29) is 6.02 Å². The fourth-order valence-corrected chi connectivity index (χ4v) is 0.636. The molecule has 0 amide bonds. The van der Waals surface area contributed by atoms with Crippen molar-refractivity contribution in [3.05, 3.63) is 0 Å². The molecule has 3 heteroatoms. The zero-order valence-corrected chi connectivity index (χ0v) is 6.22. The van der Waals surface area contributed by atoms with E-state index in [0.29, 0.717) is 0 Å². The van der Waals surface area contributed by atoms with E-state index >= 15 is 0 Å². The summed E-state index contributed by atoms with van der Waals surface area (Å²) in [5, 5.41) is 10.7. The van der Waals surface area contributed by atoms with Crippen molar-refractivity contribution in [2.24, 2.45) is 4.99 Å². The first-order valence-corrected chi connectivity index (χ1v) is 3.15. The molecular formula is C6H13N2O-. The van der Waals surface area contributed by atoms with Gasteiger partial charge in [0.2, 0.25) is 0 Å². The molecule has 0 aliphatic carbocycles. The van der Waals surface area contributed by atoms with Gasteiger partial charge in [0.25, 0.3) is 0 Å². The number of hydrogen-bond donors (Lipinski definition) is 0. The normalized spacial score (nSPS) is 11.7. The zero-order chi connectivity index (χ0) is 7.28. The SMILES string of the molecule is CCN(CC)C([O-])=NC. The van der Waals surface area contributed by atoms with Crippen molar-refractivity contribution in [1.29, 1.82) is 0 Å². The lowest BCUT2D eigenvalue weighted by Gasteiger charge is -2.26. The monoisotopic (exact) mass is 129 g/mol. The Bertz CT molecular complexity index is 97.2. The third kappa shape index (κ3) is 2.35. The summed E-state index contributed by atoms with van der Waals surface area (Å²) in [5.41, 5.74) is 0. The Morgan fingerprint density at radius 1 is 1.44 bits per heavy atom. The second kappa shape index (κ2) is 4.18. The number of amidine groups is 1. The van der Waals surface area contributed by atoms with Crippen molar-refractivity contribution in [2.45, 2.75) is 13.8 Å². The van der Waals surface area contributed by atoms with Gasteiger partial charge >= 0.3 is 0 Å². The van der Waals surface area contributed by atoms with E-state index in [2.05, 4.69) is 4.99 Å². The zero-order valence-electron chi connectivity index (χ0n) is 6.22. The van der Waals surface area contributed by atoms with E-state index < -0.39 is 0 Å². The van der Waals surface area contributed by atoms with Crippen molar-refractivity contribution in [3.63, 3.8) is 0 Å². The minimum atomic E-state index is -0.125. The molecule has 0 aliphatic rings. The van der Waals surface area contributed by atoms with Gasteiger partial charge in [-0.3, -0.25) is 4.99 Å². The van der Waals surface area contributed by atoms with Crippen LogP contribution < -0.4 is 5.11 Å². The Balaban J connectivity index is 3.79. The van der Waals surface area contributed by atoms with Crippen LogP contribution in [0.25, 0.3) is 0 Å². The van der Waals surface area contributed by atoms with Gasteiger partial charge in [-0.25, -0.2) is 0 Å². The summed E-state index contributed by atoms with van der Waals surface area (Å²) in [6.45, 7) is 5.36. The molecule has 0 saturated carbocycles. The van der Waals surface area contributed by atoms with Crippen molar-refractivity contribution in [3.8, 4) is 0 Å². The summed E-state index contributed by atoms with van der Waals surface area (Å²) in [4.78, 5) is 5.18. The number of rotatable bonds is 2. The summed E-state index contributed by atoms with van der Waals surface area (Å²) < 4.78 is 0. The van der Waals surface area contributed by atoms with Gasteiger partial charge in [0.1, 0.15) is 0 Å². The molecule has 0 saturated heterocycles. The van der Waals surface area contributed by atoms with Gasteiger partial charge in [-0.2, -0.15) is 0 Å². The minimum absolute atomic E-state index is 0.125. The van der Waals surface area contributed by atoms with E-state index in [1.54, 1.807) is 4.90 Å². The van der Waals surface area contributed by atoms with E-state index in [9.17, 15) is 5.11 Å². The average Bonchev–Trinajstić information content (AvgIpc) is 1.90. The fourth-order valence-electron chi connectivity index (χ4n) is 0.636. The molecular weight excluding hydrogens is 116 g/mol. The van der Waals surface area contributed by atoms with Gasteiger partial charge in [0.05, 0.1) is 0 Å². The first-order valence-electron chi connectivity index (χ1n) is 3.15. The number of aliphatic imine (C=N–C) groups is 1. The first kappa shape index (κ1) is 8.27. The lowest BCUT2D eigenvalue weighted by Crippen LogP contribution is -2.39. The Morgan fingerprint density at radius 3 is 2.00 bits per heavy atom. The highest BCUT2D eigenvalue weighted by molar-refractivity contribution is 5.68. The standard InChI is InChI=1S/C6H14N2O/c1-4-8(5-2)6(9)7-3/h4-5H2,1-3H3,(H,7,9)/p-1. The van der Waals surface area contributed by atoms with Gasteiger partial charge in [-0.05, 0) is 13.8 Å². The van der Waals surface area contributed by atoms with Gasteiger partial charge in [0.15, 0.2) is 0 Å². The van der Waals surface area contributed by atoms with E-state index in [1.807, 2.05) is 13.8 Å². The van der Waals surface area contributed by atoms with Crippen LogP contribution in [0, 0.1) is 0 Å². The molecule has 0 bridgehead atoms. The molecule has 0 atom stereocenters. The topological polar surface area (TPSA) is 38.7 Å². The van der Waals surface area contributed by atoms with Crippen LogP contribution in [-0.4, -0.2) is 31.1 Å². The first-order chi connectivity index (χ1) is 4.26. The largest absolute Gasteiger partial charge is 0.846 e. The second-order valence-electron chi connectivity index (χ2n) is 1.68. The molecule has 54 valence electrons. The van der Waals surface area contributed by atoms with Crippen molar-refractivity contribution < 1.29 is 5.11 Å². The lowest BCUT2D eigenvalue weighted by atomic mass is 10.5. The van der Waals surface area contributed by atoms with E-state index in [4.69, 9.17) is 0 Å². The van der Waals surface area contributed by atoms with Crippen LogP contribution in [0.3, 0.4) is 0 Å². The molecule has 0 rings (SSSR count). The molecule has 0 aromatic rings. The van der Waals surface area contributed by atoms with E-state index in [1.165, 1.54) is 7.05 Å². The Hall–Kier alpha value is -0.730. The Labute approximate surface area is 56.0 Å². The van der Waals surface area contributed by atoms with Gasteiger partial charge in [-0.1, -0.05) is 0 Å². The summed E-state index contributed by atoms with van der Waals surface area (Å²) in [7, 11) is 1.51. The molecule has 0 fully saturated rings. The quantitative estimate of drug-likeness (QED) is 0.378. The van der Waals surface area contributed by atoms with Crippen LogP contribution in [0.5, 0.6) is 0 Å². The lowest BCUT2D eigenvalue weighted by molar-refractivity contribution is -0.234. The van der Waals surface area contributed by atoms with Crippen LogP contribution >= 0.6 is 0 Å². The van der Waals surface area contributed by atoms with Crippen molar-refractivity contribution in [2.75, 3.05) is 20.1 Å². The highest BCUT2D eigenvalue weighted by Crippen LogP contribution is 1.83. The van der Waals surface area contributed by atoms with E-state index in [0.717, 1.165) is 13.1 Å². The predicted molar refractivity (Wildman–Crippen MR) is 36.3 cm³/mol. The number of hydrogen-bond acceptors (Lipinski definition) is 2. The van der Waals surface area contributed by atoms with Crippen LogP contribution in [0.15, 0.2) is 4.99 Å². The second-order valence-corrected chi connectivity index (χ2v) is 1.68. The van der Waals surface area contributed by atoms with Gasteiger partial charge < -0.3 is 10.0 Å². The molecule has 0 aromatic heterocycles. The molecule has 0 radical (unpaired) electrons. The third-order valence-corrected chi connectivity index (χ3v) is 1.23. The Morgan fingerprint density at radius 2 is 1.89 bits per heavy atom. The maximum atomic E-state index is 10.7. The van der Waals surface area contributed by atoms with Crippen LogP contribution in [0.2, 0.25) is 0 Å². The molecule has 0 heterocycles. The molecule has 3 nitrogen and oxygen atoms in total. The van der Waals surface area contributed by atoms with Crippen molar-refractivity contribution >= 4 is 6.02 Å². The maximum Gasteiger partial charge on any atom is 0.0495 e. The molecule has 0 aromatic carbocycles. The summed E-state index contributed by atoms with van der Waals surface area (Å²) in [6, 6.07) is -0.125. The van der Waals surface area contributed by atoms with Gasteiger partial charge in [-0.15, -0.1) is 0 Å². The van der Waals surface area contributed by atoms with Crippen LogP contribution in [-0.2, 0) is 0 Å². The summed E-state index contributed by atoms with van der Waals surface area (Å²) in [5.74, 6) is 0. The van der Waals surface area contributed by atoms with Crippen molar-refractivity contribution in [1.82, 2.24) is 4.90 Å². The molecule has 0 N–H and O–H groups in total. The predicted octanol–water partition coefficient (Wildman–Crippen LogP) is -0.326. The van der Waals surface area contributed by atoms with Gasteiger partial charge in [0, 0.05) is 26.2 Å². The maximum absolute atomic E-state index is 10.7. The fraction of sp³-hybridized carbons (Fsp3) is 0.833. The molecule has 0 aliphatic heterocycles. The molecule has 0 unspecified atom stereocenters. The summed E-state index contributed by atoms with van der Waals surface area (Å²) >= 11 is 0. The molecule has 9 heavy (non-hydrogen) atoms. The smallest absolute Gasteiger partial charge is 0.0495 e. The highest BCUT2D eigenvalue weighted by atomic mass is 16.3. The van der Waals surface area contributed by atoms with Crippen LogP contribution in [0.4, 0.5) is 0 Å². The third-order valence-electron chi connectivity index (χ3n) is 1.23. The minimum Gasteiger partial charge on any atom is -0.846 e. The van der Waals surface area contributed by atoms with Crippen LogP contribution in [0.1, 0.15) is 13.8 Å². The highest BCUT2D eigenvalue weighted by Gasteiger charge is 1.91. The average molecular weight is 129 g/mol. The number of nitrogens with zero attached hydrogens (tertiary/aromatic N) is 2.